The van der Waals surface area contributed by atoms with Gasteiger partial charge in [-0.05, 0) is 51.8 Å². The second kappa shape index (κ2) is 7.28. The van der Waals surface area contributed by atoms with Crippen LogP contribution in [0.15, 0.2) is 30.3 Å². The number of benzene rings is 1. The molecule has 0 aromatic heterocycles. The number of para-hydroxylation sites is 1. The summed E-state index contributed by atoms with van der Waals surface area (Å²) in [7, 11) is 0. The average Bonchev–Trinajstić information content (AvgIpc) is 2.53. The molecule has 2 N–H and O–H groups in total. The minimum atomic E-state index is 0.190. The van der Waals surface area contributed by atoms with Gasteiger partial charge in [0, 0.05) is 36.9 Å². The minimum absolute atomic E-state index is 0.190. The molecular weight excluding hydrogens is 258 g/mol. The number of nitrogens with zero attached hydrogens (tertiary/aromatic N) is 2. The Morgan fingerprint density at radius 1 is 1.19 bits per heavy atom. The zero-order valence-corrected chi connectivity index (χ0v) is 13.9. The van der Waals surface area contributed by atoms with Crippen molar-refractivity contribution >= 4 is 5.69 Å². The van der Waals surface area contributed by atoms with Crippen molar-refractivity contribution < 1.29 is 0 Å². The first-order valence-corrected chi connectivity index (χ1v) is 8.40. The van der Waals surface area contributed by atoms with E-state index in [-0.39, 0.29) is 5.54 Å². The van der Waals surface area contributed by atoms with E-state index in [1.54, 1.807) is 0 Å². The van der Waals surface area contributed by atoms with Crippen molar-refractivity contribution in [2.45, 2.75) is 51.6 Å². The van der Waals surface area contributed by atoms with Crippen molar-refractivity contribution in [1.82, 2.24) is 4.90 Å². The summed E-state index contributed by atoms with van der Waals surface area (Å²) in [6.45, 7) is 11.0. The lowest BCUT2D eigenvalue weighted by Gasteiger charge is -2.50. The molecule has 0 spiro atoms. The third kappa shape index (κ3) is 3.58. The molecule has 0 radical (unpaired) electrons. The summed E-state index contributed by atoms with van der Waals surface area (Å²) in [4.78, 5) is 5.15. The fourth-order valence-corrected chi connectivity index (χ4v) is 3.71. The van der Waals surface area contributed by atoms with E-state index in [2.05, 4.69) is 60.9 Å². The smallest absolute Gasteiger partial charge is 0.0368 e. The van der Waals surface area contributed by atoms with Crippen LogP contribution in [-0.2, 0) is 0 Å². The van der Waals surface area contributed by atoms with E-state index < -0.39 is 0 Å². The van der Waals surface area contributed by atoms with Gasteiger partial charge in [0.1, 0.15) is 0 Å². The first-order valence-electron chi connectivity index (χ1n) is 8.40. The molecule has 3 heteroatoms. The highest BCUT2D eigenvalue weighted by Crippen LogP contribution is 2.32. The zero-order valence-electron chi connectivity index (χ0n) is 13.9. The summed E-state index contributed by atoms with van der Waals surface area (Å²) in [5.41, 5.74) is 7.76. The van der Waals surface area contributed by atoms with Gasteiger partial charge >= 0.3 is 0 Å². The highest BCUT2D eigenvalue weighted by atomic mass is 15.3. The first-order chi connectivity index (χ1) is 10.1. The average molecular weight is 289 g/mol. The fourth-order valence-electron chi connectivity index (χ4n) is 3.71. The standard InChI is InChI=1S/C18H31N3/c1-4-12-21(16(2)3)18(15-19)10-13-20(14-11-18)17-8-6-5-7-9-17/h5-9,16H,4,10-15,19H2,1-3H3. The molecule has 0 unspecified atom stereocenters. The van der Waals surface area contributed by atoms with Gasteiger partial charge in [-0.1, -0.05) is 25.1 Å². The van der Waals surface area contributed by atoms with Crippen LogP contribution in [0.4, 0.5) is 5.69 Å². The third-order valence-corrected chi connectivity index (χ3v) is 4.89. The number of piperidine rings is 1. The summed E-state index contributed by atoms with van der Waals surface area (Å²) < 4.78 is 0. The number of nitrogens with two attached hydrogens (primary N) is 1. The summed E-state index contributed by atoms with van der Waals surface area (Å²) in [5, 5.41) is 0. The molecule has 3 nitrogen and oxygen atoms in total. The summed E-state index contributed by atoms with van der Waals surface area (Å²) in [5.74, 6) is 0. The van der Waals surface area contributed by atoms with Crippen molar-refractivity contribution in [3.63, 3.8) is 0 Å². The monoisotopic (exact) mass is 289 g/mol. The number of rotatable bonds is 6. The van der Waals surface area contributed by atoms with Crippen LogP contribution in [0.2, 0.25) is 0 Å². The van der Waals surface area contributed by atoms with E-state index in [4.69, 9.17) is 5.73 Å². The van der Waals surface area contributed by atoms with Crippen molar-refractivity contribution in [3.05, 3.63) is 30.3 Å². The van der Waals surface area contributed by atoms with Gasteiger partial charge in [0.05, 0.1) is 0 Å². The second-order valence-electron chi connectivity index (χ2n) is 6.54. The summed E-state index contributed by atoms with van der Waals surface area (Å²) in [6, 6.07) is 11.3. The van der Waals surface area contributed by atoms with E-state index >= 15 is 0 Å². The van der Waals surface area contributed by atoms with Gasteiger partial charge in [-0.15, -0.1) is 0 Å². The van der Waals surface area contributed by atoms with Gasteiger partial charge in [-0.3, -0.25) is 4.90 Å². The molecule has 1 fully saturated rings. The molecule has 0 saturated carbocycles. The van der Waals surface area contributed by atoms with Crippen molar-refractivity contribution in [1.29, 1.82) is 0 Å². The van der Waals surface area contributed by atoms with Gasteiger partial charge in [-0.25, -0.2) is 0 Å². The fraction of sp³-hybridized carbons (Fsp3) is 0.667. The summed E-state index contributed by atoms with van der Waals surface area (Å²) in [6.07, 6.45) is 3.52. The molecule has 0 atom stereocenters. The Balaban J connectivity index is 2.08. The Labute approximate surface area is 130 Å². The lowest BCUT2D eigenvalue weighted by atomic mass is 9.84. The van der Waals surface area contributed by atoms with Gasteiger partial charge < -0.3 is 10.6 Å². The Bertz CT molecular complexity index is 408. The molecule has 1 heterocycles. The van der Waals surface area contributed by atoms with Crippen LogP contribution in [0.25, 0.3) is 0 Å². The Hall–Kier alpha value is -1.06. The lowest BCUT2D eigenvalue weighted by molar-refractivity contribution is 0.0404. The topological polar surface area (TPSA) is 32.5 Å². The highest BCUT2D eigenvalue weighted by molar-refractivity contribution is 5.46. The predicted octanol–water partition coefficient (Wildman–Crippen LogP) is 3.10. The minimum Gasteiger partial charge on any atom is -0.371 e. The number of anilines is 1. The van der Waals surface area contributed by atoms with Crippen LogP contribution in [-0.4, -0.2) is 42.7 Å². The van der Waals surface area contributed by atoms with Crippen LogP contribution in [0.1, 0.15) is 40.0 Å². The molecule has 0 bridgehead atoms. The van der Waals surface area contributed by atoms with Gasteiger partial charge in [-0.2, -0.15) is 0 Å². The SMILES string of the molecule is CCCN(C(C)C)C1(CN)CCN(c2ccccc2)CC1. The maximum absolute atomic E-state index is 6.23. The van der Waals surface area contributed by atoms with Crippen LogP contribution in [0.3, 0.4) is 0 Å². The van der Waals surface area contributed by atoms with Crippen molar-refractivity contribution in [3.8, 4) is 0 Å². The Kier molecular flexibility index (Phi) is 5.65. The zero-order chi connectivity index (χ0) is 15.3. The quantitative estimate of drug-likeness (QED) is 0.873. The molecule has 21 heavy (non-hydrogen) atoms. The Morgan fingerprint density at radius 3 is 2.29 bits per heavy atom. The number of hydrogen-bond acceptors (Lipinski definition) is 3. The van der Waals surface area contributed by atoms with E-state index in [1.807, 2.05) is 0 Å². The lowest BCUT2D eigenvalue weighted by Crippen LogP contribution is -2.61. The molecule has 0 aliphatic carbocycles. The number of hydrogen-bond donors (Lipinski definition) is 1. The maximum Gasteiger partial charge on any atom is 0.0368 e. The second-order valence-corrected chi connectivity index (χ2v) is 6.54. The predicted molar refractivity (Wildman–Crippen MR) is 91.8 cm³/mol. The first kappa shape index (κ1) is 16.3. The van der Waals surface area contributed by atoms with E-state index in [9.17, 15) is 0 Å². The molecule has 1 aromatic carbocycles. The molecule has 118 valence electrons. The van der Waals surface area contributed by atoms with Crippen LogP contribution < -0.4 is 10.6 Å². The summed E-state index contributed by atoms with van der Waals surface area (Å²) >= 11 is 0. The van der Waals surface area contributed by atoms with E-state index in [0.29, 0.717) is 6.04 Å². The Morgan fingerprint density at radius 2 is 1.81 bits per heavy atom. The van der Waals surface area contributed by atoms with Crippen LogP contribution in [0.5, 0.6) is 0 Å². The van der Waals surface area contributed by atoms with E-state index in [1.165, 1.54) is 12.1 Å². The highest BCUT2D eigenvalue weighted by Gasteiger charge is 2.39. The molecule has 2 rings (SSSR count). The molecule has 1 aliphatic rings. The molecular formula is C18H31N3. The van der Waals surface area contributed by atoms with Gasteiger partial charge in [0.25, 0.3) is 0 Å². The maximum atomic E-state index is 6.23. The largest absolute Gasteiger partial charge is 0.371 e. The van der Waals surface area contributed by atoms with Crippen LogP contribution >= 0.6 is 0 Å². The molecule has 1 aliphatic heterocycles. The third-order valence-electron chi connectivity index (χ3n) is 4.89. The normalized spacial score (nSPS) is 18.5. The molecule has 0 amide bonds. The molecule has 1 aromatic rings. The van der Waals surface area contributed by atoms with Gasteiger partial charge in [0.2, 0.25) is 0 Å². The van der Waals surface area contributed by atoms with Crippen LogP contribution in [0, 0.1) is 0 Å². The van der Waals surface area contributed by atoms with E-state index in [0.717, 1.165) is 39.0 Å². The van der Waals surface area contributed by atoms with Crippen molar-refractivity contribution in [2.24, 2.45) is 5.73 Å². The van der Waals surface area contributed by atoms with Crippen molar-refractivity contribution in [2.75, 3.05) is 31.1 Å². The van der Waals surface area contributed by atoms with Gasteiger partial charge in [0.15, 0.2) is 0 Å². The molecule has 1 saturated heterocycles.